The number of rotatable bonds is 7. The smallest absolute Gasteiger partial charge is 0.409 e. The number of hydrogen-bond donors (Lipinski definition) is 0. The summed E-state index contributed by atoms with van der Waals surface area (Å²) in [6, 6.07) is 5.67. The Morgan fingerprint density at radius 3 is 2.07 bits per heavy atom. The van der Waals surface area contributed by atoms with Crippen molar-refractivity contribution < 1.29 is 27.5 Å². The molecule has 1 atom stereocenters. The van der Waals surface area contributed by atoms with Gasteiger partial charge in [0.25, 0.3) is 0 Å². The fraction of sp³-hybridized carbons (Fsp3) is 0.579. The second-order valence-corrected chi connectivity index (χ2v) is 8.53. The summed E-state index contributed by atoms with van der Waals surface area (Å²) in [5.74, 6) is 0.312. The maximum absolute atomic E-state index is 13.0. The van der Waals surface area contributed by atoms with Gasteiger partial charge < -0.3 is 19.3 Å². The second-order valence-electron chi connectivity index (χ2n) is 6.67. The van der Waals surface area contributed by atoms with Gasteiger partial charge in [-0.15, -0.1) is 0 Å². The topological polar surface area (TPSA) is 96.5 Å². The minimum atomic E-state index is -3.70. The van der Waals surface area contributed by atoms with Crippen LogP contribution in [-0.4, -0.2) is 81.9 Å². The van der Waals surface area contributed by atoms with Crippen molar-refractivity contribution in [1.29, 1.82) is 0 Å². The number of anilines is 1. The molecule has 1 fully saturated rings. The van der Waals surface area contributed by atoms with E-state index in [-0.39, 0.29) is 5.91 Å². The first-order valence-electron chi connectivity index (χ1n) is 9.61. The molecule has 9 nitrogen and oxygen atoms in total. The van der Waals surface area contributed by atoms with Crippen LogP contribution in [0.3, 0.4) is 0 Å². The molecule has 0 radical (unpaired) electrons. The maximum Gasteiger partial charge on any atom is 0.409 e. The average Bonchev–Trinajstić information content (AvgIpc) is 2.68. The fourth-order valence-corrected chi connectivity index (χ4v) is 4.42. The summed E-state index contributed by atoms with van der Waals surface area (Å²) in [7, 11) is -3.70. The van der Waals surface area contributed by atoms with Gasteiger partial charge in [0.1, 0.15) is 11.8 Å². The lowest BCUT2D eigenvalue weighted by atomic mass is 10.2. The second kappa shape index (κ2) is 9.82. The summed E-state index contributed by atoms with van der Waals surface area (Å²) in [5.41, 5.74) is 0.391. The van der Waals surface area contributed by atoms with Crippen LogP contribution in [0.2, 0.25) is 0 Å². The standard InChI is InChI=1S/C19H29N3O6S/c1-5-27-17-9-7-16(8-10-17)22(29(4,25)26)15(3)18(23)20-11-13-21(14-12-20)19(24)28-6-2/h7-10,15H,5-6,11-14H2,1-4H3/t15-/m0/s1. The van der Waals surface area contributed by atoms with E-state index in [1.165, 1.54) is 0 Å². The van der Waals surface area contributed by atoms with Crippen LogP contribution >= 0.6 is 0 Å². The molecular formula is C19H29N3O6S. The quantitative estimate of drug-likeness (QED) is 0.655. The first kappa shape index (κ1) is 22.8. The molecule has 0 spiro atoms. The van der Waals surface area contributed by atoms with Crippen LogP contribution in [0.4, 0.5) is 10.5 Å². The van der Waals surface area contributed by atoms with E-state index in [1.807, 2.05) is 6.92 Å². The van der Waals surface area contributed by atoms with Crippen molar-refractivity contribution >= 4 is 27.7 Å². The predicted molar refractivity (Wildman–Crippen MR) is 110 cm³/mol. The van der Waals surface area contributed by atoms with Gasteiger partial charge in [-0.25, -0.2) is 13.2 Å². The van der Waals surface area contributed by atoms with Crippen molar-refractivity contribution in [2.75, 3.05) is 50.0 Å². The zero-order valence-electron chi connectivity index (χ0n) is 17.3. The number of piperazine rings is 1. The van der Waals surface area contributed by atoms with Crippen LogP contribution in [0, 0.1) is 0 Å². The number of ether oxygens (including phenoxy) is 2. The number of carbonyl (C=O) groups is 2. The van der Waals surface area contributed by atoms with Gasteiger partial charge in [0.15, 0.2) is 0 Å². The number of amides is 2. The van der Waals surface area contributed by atoms with Crippen LogP contribution in [0.15, 0.2) is 24.3 Å². The van der Waals surface area contributed by atoms with E-state index in [9.17, 15) is 18.0 Å². The summed E-state index contributed by atoms with van der Waals surface area (Å²) in [4.78, 5) is 27.9. The highest BCUT2D eigenvalue weighted by atomic mass is 32.2. The molecular weight excluding hydrogens is 398 g/mol. The Kier molecular flexibility index (Phi) is 7.72. The fourth-order valence-electron chi connectivity index (χ4n) is 3.25. The average molecular weight is 428 g/mol. The Hall–Kier alpha value is -2.49. The van der Waals surface area contributed by atoms with Crippen LogP contribution in [0.5, 0.6) is 5.75 Å². The van der Waals surface area contributed by atoms with Gasteiger partial charge in [0, 0.05) is 26.2 Å². The van der Waals surface area contributed by atoms with Crippen molar-refractivity contribution in [3.05, 3.63) is 24.3 Å². The van der Waals surface area contributed by atoms with Gasteiger partial charge >= 0.3 is 6.09 Å². The third-order valence-electron chi connectivity index (χ3n) is 4.59. The van der Waals surface area contributed by atoms with Gasteiger partial charge in [-0.3, -0.25) is 9.10 Å². The van der Waals surface area contributed by atoms with Crippen molar-refractivity contribution in [2.45, 2.75) is 26.8 Å². The van der Waals surface area contributed by atoms with E-state index in [2.05, 4.69) is 0 Å². The molecule has 0 unspecified atom stereocenters. The lowest BCUT2D eigenvalue weighted by Crippen LogP contribution is -2.56. The molecule has 1 aliphatic rings. The van der Waals surface area contributed by atoms with Gasteiger partial charge in [0.05, 0.1) is 25.2 Å². The summed E-state index contributed by atoms with van der Waals surface area (Å²) in [6.45, 7) is 7.29. The molecule has 1 heterocycles. The molecule has 1 aliphatic heterocycles. The van der Waals surface area contributed by atoms with E-state index >= 15 is 0 Å². The van der Waals surface area contributed by atoms with E-state index in [4.69, 9.17) is 9.47 Å². The number of hydrogen-bond acceptors (Lipinski definition) is 6. The molecule has 1 aromatic carbocycles. The molecule has 29 heavy (non-hydrogen) atoms. The molecule has 0 saturated carbocycles. The van der Waals surface area contributed by atoms with E-state index < -0.39 is 22.2 Å². The molecule has 10 heteroatoms. The number of carbonyl (C=O) groups excluding carboxylic acids is 2. The summed E-state index contributed by atoms with van der Waals surface area (Å²) in [5, 5.41) is 0. The molecule has 2 rings (SSSR count). The van der Waals surface area contributed by atoms with Crippen molar-refractivity contribution in [3.8, 4) is 5.75 Å². The van der Waals surface area contributed by atoms with E-state index in [0.717, 1.165) is 10.6 Å². The number of sulfonamides is 1. The molecule has 1 saturated heterocycles. The summed E-state index contributed by atoms with van der Waals surface area (Å²) in [6.07, 6.45) is 0.672. The number of benzene rings is 1. The van der Waals surface area contributed by atoms with Crippen LogP contribution in [0.1, 0.15) is 20.8 Å². The maximum atomic E-state index is 13.0. The van der Waals surface area contributed by atoms with E-state index in [0.29, 0.717) is 50.8 Å². The third-order valence-corrected chi connectivity index (χ3v) is 5.83. The molecule has 0 aromatic heterocycles. The SMILES string of the molecule is CCOC(=O)N1CCN(C(=O)[C@H](C)N(c2ccc(OCC)cc2)S(C)(=O)=O)CC1. The van der Waals surface area contributed by atoms with Crippen molar-refractivity contribution in [1.82, 2.24) is 9.80 Å². The zero-order valence-corrected chi connectivity index (χ0v) is 18.1. The predicted octanol–water partition coefficient (Wildman–Crippen LogP) is 1.54. The zero-order chi connectivity index (χ0) is 21.6. The van der Waals surface area contributed by atoms with E-state index in [1.54, 1.807) is 47.9 Å². The Labute approximate surface area is 172 Å². The Morgan fingerprint density at radius 2 is 1.59 bits per heavy atom. The van der Waals surface area contributed by atoms with Crippen LogP contribution in [-0.2, 0) is 19.6 Å². The number of nitrogens with zero attached hydrogens (tertiary/aromatic N) is 3. The van der Waals surface area contributed by atoms with Gasteiger partial charge in [-0.05, 0) is 45.0 Å². The minimum absolute atomic E-state index is 0.292. The van der Waals surface area contributed by atoms with Gasteiger partial charge in [-0.1, -0.05) is 0 Å². The first-order valence-corrected chi connectivity index (χ1v) is 11.5. The van der Waals surface area contributed by atoms with Crippen molar-refractivity contribution in [3.63, 3.8) is 0 Å². The minimum Gasteiger partial charge on any atom is -0.494 e. The molecule has 162 valence electrons. The van der Waals surface area contributed by atoms with Gasteiger partial charge in [-0.2, -0.15) is 0 Å². The molecule has 0 N–H and O–H groups in total. The lowest BCUT2D eigenvalue weighted by Gasteiger charge is -2.37. The summed E-state index contributed by atoms with van der Waals surface area (Å²) >= 11 is 0. The lowest BCUT2D eigenvalue weighted by molar-refractivity contribution is -0.133. The molecule has 0 bridgehead atoms. The Bertz CT molecular complexity index is 804. The highest BCUT2D eigenvalue weighted by Gasteiger charge is 2.34. The Morgan fingerprint density at radius 1 is 1.03 bits per heavy atom. The summed E-state index contributed by atoms with van der Waals surface area (Å²) < 4.78 is 36.4. The highest BCUT2D eigenvalue weighted by molar-refractivity contribution is 7.92. The van der Waals surface area contributed by atoms with Crippen LogP contribution < -0.4 is 9.04 Å². The van der Waals surface area contributed by atoms with Crippen LogP contribution in [0.25, 0.3) is 0 Å². The Balaban J connectivity index is 2.12. The van der Waals surface area contributed by atoms with Gasteiger partial charge in [0.2, 0.25) is 15.9 Å². The van der Waals surface area contributed by atoms with Crippen molar-refractivity contribution in [2.24, 2.45) is 0 Å². The molecule has 2 amide bonds. The molecule has 0 aliphatic carbocycles. The first-order chi connectivity index (χ1) is 13.7. The largest absolute Gasteiger partial charge is 0.494 e. The third kappa shape index (κ3) is 5.75. The molecule has 1 aromatic rings. The highest BCUT2D eigenvalue weighted by Crippen LogP contribution is 2.25. The monoisotopic (exact) mass is 427 g/mol. The normalized spacial score (nSPS) is 15.6.